The molecule has 1 aliphatic rings. The number of esters is 1. The van der Waals surface area contributed by atoms with E-state index in [1.54, 1.807) is 27.7 Å². The molecule has 128 valence electrons. The number of nitrogens with zero attached hydrogens (tertiary/aromatic N) is 1. The van der Waals surface area contributed by atoms with Crippen LogP contribution < -0.4 is 0 Å². The van der Waals surface area contributed by atoms with E-state index in [9.17, 15) is 18.0 Å². The molecule has 0 aromatic carbocycles. The summed E-state index contributed by atoms with van der Waals surface area (Å²) in [7, 11) is -3.76. The van der Waals surface area contributed by atoms with E-state index in [0.717, 1.165) is 6.26 Å². The van der Waals surface area contributed by atoms with Crippen LogP contribution in [-0.2, 0) is 28.6 Å². The van der Waals surface area contributed by atoms with E-state index >= 15 is 0 Å². The van der Waals surface area contributed by atoms with Crippen molar-refractivity contribution in [2.75, 3.05) is 26.0 Å². The largest absolute Gasteiger partial charge is 0.466 e. The summed E-state index contributed by atoms with van der Waals surface area (Å²) in [6.07, 6.45) is -0.700. The molecule has 0 aromatic rings. The molecule has 1 heterocycles. The van der Waals surface area contributed by atoms with Crippen molar-refractivity contribution in [3.05, 3.63) is 0 Å². The number of hydrogen-bond donors (Lipinski definition) is 0. The van der Waals surface area contributed by atoms with E-state index in [1.807, 2.05) is 0 Å². The van der Waals surface area contributed by atoms with E-state index in [-0.39, 0.29) is 19.7 Å². The van der Waals surface area contributed by atoms with Crippen LogP contribution in [0.4, 0.5) is 4.79 Å². The Labute approximate surface area is 130 Å². The third kappa shape index (κ3) is 5.80. The SMILES string of the molecule is CCOC(=O)C1CN(C(=O)OC(C)(C)C)CC1OS(C)(=O)=O. The molecule has 2 atom stereocenters. The van der Waals surface area contributed by atoms with Crippen molar-refractivity contribution in [2.45, 2.75) is 39.4 Å². The summed E-state index contributed by atoms with van der Waals surface area (Å²) in [5.74, 6) is -1.45. The number of hydrogen-bond acceptors (Lipinski definition) is 7. The Hall–Kier alpha value is -1.35. The normalized spacial score (nSPS) is 22.5. The first-order valence-electron chi connectivity index (χ1n) is 6.95. The second-order valence-electron chi connectivity index (χ2n) is 6.08. The average molecular weight is 337 g/mol. The lowest BCUT2D eigenvalue weighted by Gasteiger charge is -2.24. The van der Waals surface area contributed by atoms with Crippen molar-refractivity contribution >= 4 is 22.2 Å². The predicted octanol–water partition coefficient (Wildman–Crippen LogP) is 0.761. The molecule has 2 unspecified atom stereocenters. The second-order valence-corrected chi connectivity index (χ2v) is 7.68. The van der Waals surface area contributed by atoms with Gasteiger partial charge >= 0.3 is 12.1 Å². The number of carbonyl (C=O) groups is 2. The summed E-state index contributed by atoms with van der Waals surface area (Å²) in [5.41, 5.74) is -0.688. The minimum absolute atomic E-state index is 0.00602. The average Bonchev–Trinajstić information content (AvgIpc) is 2.68. The Morgan fingerprint density at radius 1 is 1.23 bits per heavy atom. The van der Waals surface area contributed by atoms with Gasteiger partial charge in [0.15, 0.2) is 0 Å². The molecule has 0 bridgehead atoms. The summed E-state index contributed by atoms with van der Waals surface area (Å²) in [5, 5.41) is 0. The van der Waals surface area contributed by atoms with Crippen LogP contribution in [0.15, 0.2) is 0 Å². The van der Waals surface area contributed by atoms with E-state index in [0.29, 0.717) is 0 Å². The Morgan fingerprint density at radius 3 is 2.27 bits per heavy atom. The van der Waals surface area contributed by atoms with Crippen LogP contribution in [0.1, 0.15) is 27.7 Å². The van der Waals surface area contributed by atoms with Crippen molar-refractivity contribution in [3.63, 3.8) is 0 Å². The Morgan fingerprint density at radius 2 is 1.82 bits per heavy atom. The molecule has 0 aromatic heterocycles. The molecule has 9 heteroatoms. The number of amides is 1. The van der Waals surface area contributed by atoms with Gasteiger partial charge in [0.1, 0.15) is 17.6 Å². The van der Waals surface area contributed by atoms with Crippen LogP contribution >= 0.6 is 0 Å². The monoisotopic (exact) mass is 337 g/mol. The zero-order valence-corrected chi connectivity index (χ0v) is 14.3. The molecule has 0 aliphatic carbocycles. The molecule has 1 amide bonds. The molecule has 8 nitrogen and oxygen atoms in total. The van der Waals surface area contributed by atoms with Gasteiger partial charge in [-0.1, -0.05) is 0 Å². The number of carbonyl (C=O) groups excluding carboxylic acids is 2. The zero-order chi connectivity index (χ0) is 17.1. The third-order valence-electron chi connectivity index (χ3n) is 2.81. The molecule has 1 saturated heterocycles. The van der Waals surface area contributed by atoms with Gasteiger partial charge < -0.3 is 14.4 Å². The van der Waals surface area contributed by atoms with Crippen molar-refractivity contribution in [1.29, 1.82) is 0 Å². The van der Waals surface area contributed by atoms with Gasteiger partial charge in [-0.25, -0.2) is 4.79 Å². The molecular formula is C13H23NO7S. The number of ether oxygens (including phenoxy) is 2. The lowest BCUT2D eigenvalue weighted by molar-refractivity contribution is -0.149. The predicted molar refractivity (Wildman–Crippen MR) is 77.6 cm³/mol. The van der Waals surface area contributed by atoms with Gasteiger partial charge in [-0.3, -0.25) is 8.98 Å². The fraction of sp³-hybridized carbons (Fsp3) is 0.846. The lowest BCUT2D eigenvalue weighted by Crippen LogP contribution is -2.36. The maximum absolute atomic E-state index is 12.0. The van der Waals surface area contributed by atoms with Gasteiger partial charge in [0.05, 0.1) is 19.4 Å². The lowest BCUT2D eigenvalue weighted by atomic mass is 10.1. The third-order valence-corrected chi connectivity index (χ3v) is 3.40. The van der Waals surface area contributed by atoms with E-state index in [4.69, 9.17) is 13.7 Å². The fourth-order valence-corrected chi connectivity index (χ4v) is 2.69. The van der Waals surface area contributed by atoms with Crippen molar-refractivity contribution in [1.82, 2.24) is 4.90 Å². The maximum Gasteiger partial charge on any atom is 0.410 e. The van der Waals surface area contributed by atoms with Crippen LogP contribution in [-0.4, -0.2) is 63.0 Å². The van der Waals surface area contributed by atoms with Crippen LogP contribution in [0, 0.1) is 5.92 Å². The number of likely N-dealkylation sites (tertiary alicyclic amines) is 1. The summed E-state index contributed by atoms with van der Waals surface area (Å²) in [6.45, 7) is 6.90. The van der Waals surface area contributed by atoms with E-state index in [2.05, 4.69) is 0 Å². The summed E-state index contributed by atoms with van der Waals surface area (Å²) in [4.78, 5) is 25.2. The first-order valence-corrected chi connectivity index (χ1v) is 8.77. The first kappa shape index (κ1) is 18.7. The molecule has 22 heavy (non-hydrogen) atoms. The molecule has 0 saturated carbocycles. The number of rotatable bonds is 4. The first-order chi connectivity index (χ1) is 9.93. The van der Waals surface area contributed by atoms with Gasteiger partial charge in [0.2, 0.25) is 0 Å². The van der Waals surface area contributed by atoms with Crippen LogP contribution in [0.5, 0.6) is 0 Å². The summed E-state index contributed by atoms with van der Waals surface area (Å²) >= 11 is 0. The van der Waals surface area contributed by atoms with Crippen LogP contribution in [0.25, 0.3) is 0 Å². The smallest absolute Gasteiger partial charge is 0.410 e. The molecule has 0 spiro atoms. The Bertz CT molecular complexity index is 523. The highest BCUT2D eigenvalue weighted by molar-refractivity contribution is 7.86. The quantitative estimate of drug-likeness (QED) is 0.551. The van der Waals surface area contributed by atoms with Crippen molar-refractivity contribution in [2.24, 2.45) is 5.92 Å². The molecule has 1 rings (SSSR count). The Kier molecular flexibility index (Phi) is 5.80. The highest BCUT2D eigenvalue weighted by Gasteiger charge is 2.44. The molecular weight excluding hydrogens is 314 g/mol. The standard InChI is InChI=1S/C13H23NO7S/c1-6-19-11(15)9-7-14(12(16)20-13(2,3)4)8-10(9)21-22(5,17)18/h9-10H,6-8H2,1-5H3. The van der Waals surface area contributed by atoms with Crippen molar-refractivity contribution in [3.8, 4) is 0 Å². The highest BCUT2D eigenvalue weighted by Crippen LogP contribution is 2.24. The van der Waals surface area contributed by atoms with Crippen LogP contribution in [0.3, 0.4) is 0 Å². The highest BCUT2D eigenvalue weighted by atomic mass is 32.2. The Balaban J connectivity index is 2.86. The van der Waals surface area contributed by atoms with Gasteiger partial charge in [-0.15, -0.1) is 0 Å². The zero-order valence-electron chi connectivity index (χ0n) is 13.5. The topological polar surface area (TPSA) is 99.2 Å². The van der Waals surface area contributed by atoms with Gasteiger partial charge in [-0.2, -0.15) is 8.42 Å². The maximum atomic E-state index is 12.0. The minimum atomic E-state index is -3.76. The van der Waals surface area contributed by atoms with Crippen LogP contribution in [0.2, 0.25) is 0 Å². The molecule has 1 aliphatic heterocycles. The summed E-state index contributed by atoms with van der Waals surface area (Å²) in [6, 6.07) is 0. The van der Waals surface area contributed by atoms with E-state index < -0.39 is 39.8 Å². The molecule has 0 N–H and O–H groups in total. The van der Waals surface area contributed by atoms with Crippen molar-refractivity contribution < 1.29 is 31.7 Å². The fourth-order valence-electron chi connectivity index (χ4n) is 2.05. The van der Waals surface area contributed by atoms with Gasteiger partial charge in [0.25, 0.3) is 10.1 Å². The van der Waals surface area contributed by atoms with Gasteiger partial charge in [-0.05, 0) is 27.7 Å². The molecule has 0 radical (unpaired) electrons. The van der Waals surface area contributed by atoms with Gasteiger partial charge in [0, 0.05) is 6.54 Å². The summed E-state index contributed by atoms with van der Waals surface area (Å²) < 4.78 is 37.7. The second kappa shape index (κ2) is 6.82. The molecule has 1 fully saturated rings. The van der Waals surface area contributed by atoms with E-state index in [1.165, 1.54) is 4.90 Å². The minimum Gasteiger partial charge on any atom is -0.466 e.